The third-order valence-electron chi connectivity index (χ3n) is 3.18. The lowest BCUT2D eigenvalue weighted by Gasteiger charge is -2.27. The lowest BCUT2D eigenvalue weighted by Crippen LogP contribution is -2.62. The molecule has 3 atom stereocenters. The molecule has 104 valence electrons. The summed E-state index contributed by atoms with van der Waals surface area (Å²) in [6, 6.07) is -0.566. The minimum Gasteiger partial charge on any atom is -0.481 e. The molecule has 8 heteroatoms. The Hall–Kier alpha value is -1.31. The van der Waals surface area contributed by atoms with Gasteiger partial charge < -0.3 is 16.2 Å². The fourth-order valence-electron chi connectivity index (χ4n) is 1.80. The van der Waals surface area contributed by atoms with E-state index in [1.807, 2.05) is 0 Å². The molecule has 0 aromatic rings. The van der Waals surface area contributed by atoms with Crippen LogP contribution in [0, 0.1) is 5.92 Å². The van der Waals surface area contributed by atoms with E-state index in [9.17, 15) is 22.8 Å². The molecule has 5 nitrogen and oxygen atoms in total. The molecule has 18 heavy (non-hydrogen) atoms. The van der Waals surface area contributed by atoms with Crippen molar-refractivity contribution in [1.29, 1.82) is 0 Å². The van der Waals surface area contributed by atoms with Crippen molar-refractivity contribution < 1.29 is 27.9 Å². The Morgan fingerprint density at radius 2 is 1.89 bits per heavy atom. The van der Waals surface area contributed by atoms with Crippen molar-refractivity contribution in [2.45, 2.75) is 43.9 Å². The van der Waals surface area contributed by atoms with E-state index in [-0.39, 0.29) is 6.42 Å². The number of carboxylic acids is 1. The van der Waals surface area contributed by atoms with Crippen LogP contribution in [0.5, 0.6) is 0 Å². The van der Waals surface area contributed by atoms with Gasteiger partial charge in [0.1, 0.15) is 0 Å². The van der Waals surface area contributed by atoms with Gasteiger partial charge >= 0.3 is 12.1 Å². The van der Waals surface area contributed by atoms with Crippen molar-refractivity contribution in [3.05, 3.63) is 0 Å². The van der Waals surface area contributed by atoms with Gasteiger partial charge in [0.05, 0.1) is 5.92 Å². The summed E-state index contributed by atoms with van der Waals surface area (Å²) in [5.41, 5.74) is 1.99. The van der Waals surface area contributed by atoms with E-state index >= 15 is 0 Å². The van der Waals surface area contributed by atoms with Crippen molar-refractivity contribution in [3.8, 4) is 0 Å². The maximum absolute atomic E-state index is 12.5. The van der Waals surface area contributed by atoms with Crippen LogP contribution in [-0.4, -0.2) is 34.7 Å². The molecule has 1 fully saturated rings. The highest BCUT2D eigenvalue weighted by molar-refractivity contribution is 5.87. The number of amides is 1. The summed E-state index contributed by atoms with van der Waals surface area (Å²) in [6.07, 6.45) is -4.03. The molecule has 0 radical (unpaired) electrons. The van der Waals surface area contributed by atoms with Crippen LogP contribution in [0.1, 0.15) is 26.2 Å². The topological polar surface area (TPSA) is 92.4 Å². The van der Waals surface area contributed by atoms with Crippen molar-refractivity contribution in [2.24, 2.45) is 11.7 Å². The molecule has 0 aromatic heterocycles. The van der Waals surface area contributed by atoms with Crippen LogP contribution in [0.15, 0.2) is 0 Å². The Labute approximate surface area is 102 Å². The van der Waals surface area contributed by atoms with Gasteiger partial charge in [-0.1, -0.05) is 0 Å². The van der Waals surface area contributed by atoms with Crippen molar-refractivity contribution >= 4 is 11.9 Å². The van der Waals surface area contributed by atoms with E-state index < -0.39 is 35.6 Å². The molecular formula is C10H15F3N2O3. The van der Waals surface area contributed by atoms with Crippen LogP contribution >= 0.6 is 0 Å². The highest BCUT2D eigenvalue weighted by Gasteiger charge is 2.54. The third kappa shape index (κ3) is 2.92. The second-order valence-corrected chi connectivity index (χ2v) is 4.72. The third-order valence-corrected chi connectivity index (χ3v) is 3.18. The van der Waals surface area contributed by atoms with Crippen LogP contribution in [-0.2, 0) is 9.59 Å². The van der Waals surface area contributed by atoms with Crippen molar-refractivity contribution in [1.82, 2.24) is 5.32 Å². The molecular weight excluding hydrogens is 253 g/mol. The molecule has 3 unspecified atom stereocenters. The number of halogens is 3. The van der Waals surface area contributed by atoms with Crippen molar-refractivity contribution in [2.75, 3.05) is 0 Å². The van der Waals surface area contributed by atoms with E-state index in [1.54, 1.807) is 0 Å². The van der Waals surface area contributed by atoms with E-state index in [0.717, 1.165) is 0 Å². The Bertz CT molecular complexity index is 355. The quantitative estimate of drug-likeness (QED) is 0.700. The van der Waals surface area contributed by atoms with Gasteiger partial charge in [-0.05, 0) is 26.2 Å². The second kappa shape index (κ2) is 4.75. The number of nitrogens with two attached hydrogens (primary N) is 1. The summed E-state index contributed by atoms with van der Waals surface area (Å²) in [5, 5.41) is 10.9. The van der Waals surface area contributed by atoms with E-state index in [1.165, 1.54) is 0 Å². The average Bonchev–Trinajstić information content (AvgIpc) is 2.64. The van der Waals surface area contributed by atoms with Crippen LogP contribution in [0.4, 0.5) is 13.2 Å². The minimum absolute atomic E-state index is 0.134. The summed E-state index contributed by atoms with van der Waals surface area (Å²) in [7, 11) is 0. The largest absolute Gasteiger partial charge is 0.481 e. The first kappa shape index (κ1) is 14.7. The van der Waals surface area contributed by atoms with E-state index in [4.69, 9.17) is 10.8 Å². The first-order valence-corrected chi connectivity index (χ1v) is 5.45. The first-order valence-electron chi connectivity index (χ1n) is 5.45. The normalized spacial score (nSPS) is 27.6. The number of carboxylic acid groups (broad SMARTS) is 1. The summed E-state index contributed by atoms with van der Waals surface area (Å²) >= 11 is 0. The summed E-state index contributed by atoms with van der Waals surface area (Å²) < 4.78 is 37.4. The number of nitrogens with one attached hydrogen (secondary N) is 1. The second-order valence-electron chi connectivity index (χ2n) is 4.72. The summed E-state index contributed by atoms with van der Waals surface area (Å²) in [4.78, 5) is 22.1. The molecule has 1 amide bonds. The molecule has 1 rings (SSSR count). The Morgan fingerprint density at radius 3 is 2.28 bits per heavy atom. The zero-order valence-electron chi connectivity index (χ0n) is 9.75. The summed E-state index contributed by atoms with van der Waals surface area (Å²) in [6.45, 7) is 0.589. The molecule has 4 N–H and O–H groups in total. The Kier molecular flexibility index (Phi) is 3.89. The SMILES string of the molecule is CC(N)(C(=O)NC1CCC(C(=O)O)C1)C(F)(F)F. The Morgan fingerprint density at radius 1 is 1.33 bits per heavy atom. The fourth-order valence-corrected chi connectivity index (χ4v) is 1.80. The predicted molar refractivity (Wildman–Crippen MR) is 55.6 cm³/mol. The smallest absolute Gasteiger partial charge is 0.415 e. The molecule has 0 aliphatic heterocycles. The lowest BCUT2D eigenvalue weighted by atomic mass is 10.0. The monoisotopic (exact) mass is 268 g/mol. The molecule has 0 saturated heterocycles. The zero-order chi connectivity index (χ0) is 14.1. The molecule has 0 aromatic carbocycles. The van der Waals surface area contributed by atoms with Gasteiger partial charge in [0, 0.05) is 6.04 Å². The van der Waals surface area contributed by atoms with Gasteiger partial charge in [-0.3, -0.25) is 9.59 Å². The van der Waals surface area contributed by atoms with Gasteiger partial charge in [-0.2, -0.15) is 13.2 Å². The number of aliphatic carboxylic acids is 1. The first-order chi connectivity index (χ1) is 8.05. The lowest BCUT2D eigenvalue weighted by molar-refractivity contribution is -0.187. The average molecular weight is 268 g/mol. The predicted octanol–water partition coefficient (Wildman–Crippen LogP) is 0.636. The highest BCUT2D eigenvalue weighted by atomic mass is 19.4. The maximum atomic E-state index is 12.5. The summed E-state index contributed by atoms with van der Waals surface area (Å²) in [5.74, 6) is -2.95. The van der Waals surface area contributed by atoms with Crippen LogP contribution in [0.3, 0.4) is 0 Å². The van der Waals surface area contributed by atoms with Gasteiger partial charge in [-0.25, -0.2) is 0 Å². The van der Waals surface area contributed by atoms with E-state index in [0.29, 0.717) is 19.8 Å². The molecule has 1 saturated carbocycles. The van der Waals surface area contributed by atoms with Crippen LogP contribution in [0.25, 0.3) is 0 Å². The Balaban J connectivity index is 2.60. The van der Waals surface area contributed by atoms with Gasteiger partial charge in [0.15, 0.2) is 5.54 Å². The standard InChI is InChI=1S/C10H15F3N2O3/c1-9(14,10(11,12)13)8(18)15-6-3-2-5(4-6)7(16)17/h5-6H,2-4,14H2,1H3,(H,15,18)(H,16,17). The number of hydrogen-bond donors (Lipinski definition) is 3. The van der Waals surface area contributed by atoms with Crippen molar-refractivity contribution in [3.63, 3.8) is 0 Å². The van der Waals surface area contributed by atoms with Gasteiger partial charge in [-0.15, -0.1) is 0 Å². The molecule has 0 spiro atoms. The molecule has 0 heterocycles. The number of carbonyl (C=O) groups excluding carboxylic acids is 1. The fraction of sp³-hybridized carbons (Fsp3) is 0.800. The molecule has 0 bridgehead atoms. The number of hydrogen-bond acceptors (Lipinski definition) is 3. The number of carbonyl (C=O) groups is 2. The highest BCUT2D eigenvalue weighted by Crippen LogP contribution is 2.30. The number of rotatable bonds is 3. The van der Waals surface area contributed by atoms with Gasteiger partial charge in [0.25, 0.3) is 0 Å². The number of alkyl halides is 3. The zero-order valence-corrected chi connectivity index (χ0v) is 9.75. The van der Waals surface area contributed by atoms with Crippen LogP contribution in [0.2, 0.25) is 0 Å². The van der Waals surface area contributed by atoms with E-state index in [2.05, 4.69) is 5.32 Å². The van der Waals surface area contributed by atoms with Crippen LogP contribution < -0.4 is 11.1 Å². The minimum atomic E-state index is -4.85. The van der Waals surface area contributed by atoms with Gasteiger partial charge in [0.2, 0.25) is 5.91 Å². The maximum Gasteiger partial charge on any atom is 0.415 e. The molecule has 1 aliphatic rings. The molecule has 1 aliphatic carbocycles.